The van der Waals surface area contributed by atoms with E-state index in [1.807, 2.05) is 25.3 Å². The largest absolute Gasteiger partial charge is 0.352 e. The summed E-state index contributed by atoms with van der Waals surface area (Å²) in [7, 11) is 2.19. The zero-order valence-corrected chi connectivity index (χ0v) is 21.6. The summed E-state index contributed by atoms with van der Waals surface area (Å²) in [6.45, 7) is 6.26. The van der Waals surface area contributed by atoms with E-state index in [0.717, 1.165) is 76.5 Å². The highest BCUT2D eigenvalue weighted by molar-refractivity contribution is 5.84. The smallest absolute Gasteiger partial charge is 0.0900 e. The molecule has 37 heavy (non-hydrogen) atoms. The average Bonchev–Trinajstić information content (AvgIpc) is 2.91. The van der Waals surface area contributed by atoms with Gasteiger partial charge in [-0.25, -0.2) is 4.98 Å². The van der Waals surface area contributed by atoms with E-state index in [1.54, 1.807) is 0 Å². The third-order valence-electron chi connectivity index (χ3n) is 7.19. The molecule has 6 heteroatoms. The molecule has 3 heterocycles. The molecule has 0 unspecified atom stereocenters. The molecule has 0 bridgehead atoms. The van der Waals surface area contributed by atoms with Gasteiger partial charge in [-0.15, -0.1) is 0 Å². The molecule has 1 saturated heterocycles. The van der Waals surface area contributed by atoms with Gasteiger partial charge in [0.15, 0.2) is 0 Å². The van der Waals surface area contributed by atoms with Gasteiger partial charge in [0.05, 0.1) is 51.4 Å². The summed E-state index contributed by atoms with van der Waals surface area (Å²) in [6.07, 6.45) is 4.00. The fraction of sp³-hybridized carbons (Fsp3) is 0.258. The fourth-order valence-corrected chi connectivity index (χ4v) is 5.04. The van der Waals surface area contributed by atoms with Gasteiger partial charge in [0.1, 0.15) is 0 Å². The van der Waals surface area contributed by atoms with Crippen LogP contribution in [0.1, 0.15) is 24.1 Å². The highest BCUT2D eigenvalue weighted by Gasteiger charge is 2.19. The van der Waals surface area contributed by atoms with E-state index < -0.39 is 0 Å². The molecule has 6 nitrogen and oxygen atoms in total. The predicted octanol–water partition coefficient (Wildman–Crippen LogP) is 5.88. The van der Waals surface area contributed by atoms with Crippen molar-refractivity contribution in [3.05, 3.63) is 95.6 Å². The number of anilines is 2. The van der Waals surface area contributed by atoms with Crippen molar-refractivity contribution in [2.45, 2.75) is 32.7 Å². The van der Waals surface area contributed by atoms with E-state index in [9.17, 15) is 0 Å². The number of hydrogen-bond donors (Lipinski definition) is 1. The van der Waals surface area contributed by atoms with Gasteiger partial charge in [-0.05, 0) is 95.4 Å². The number of hydrogen-bond acceptors (Lipinski definition) is 5. The molecule has 1 N–H and O–H groups in total. The third kappa shape index (κ3) is 4.85. The van der Waals surface area contributed by atoms with Gasteiger partial charge in [-0.3, -0.25) is 9.98 Å². The van der Waals surface area contributed by atoms with Crippen molar-refractivity contribution >= 4 is 22.4 Å². The molecular formula is C31H32N6. The summed E-state index contributed by atoms with van der Waals surface area (Å²) in [5, 5.41) is 4.55. The lowest BCUT2D eigenvalue weighted by Crippen LogP contribution is -2.33. The molecule has 2 aromatic carbocycles. The van der Waals surface area contributed by atoms with E-state index in [-0.39, 0.29) is 0 Å². The second-order valence-corrected chi connectivity index (χ2v) is 10.1. The van der Waals surface area contributed by atoms with Crippen LogP contribution in [0.25, 0.3) is 28.1 Å². The van der Waals surface area contributed by atoms with Crippen molar-refractivity contribution in [1.29, 1.82) is 0 Å². The second kappa shape index (κ2) is 9.79. The van der Waals surface area contributed by atoms with Crippen LogP contribution < -0.4 is 10.7 Å². The summed E-state index contributed by atoms with van der Waals surface area (Å²) in [4.78, 5) is 17.2. The zero-order chi connectivity index (χ0) is 25.4. The average molecular weight is 489 g/mol. The van der Waals surface area contributed by atoms with Gasteiger partial charge in [0.25, 0.3) is 0 Å². The minimum absolute atomic E-state index is 0.298. The Balaban J connectivity index is 1.59. The van der Waals surface area contributed by atoms with E-state index in [4.69, 9.17) is 9.98 Å². The monoisotopic (exact) mass is 488 g/mol. The molecule has 1 fully saturated rings. The molecule has 0 radical (unpaired) electrons. The van der Waals surface area contributed by atoms with Gasteiger partial charge in [-0.2, -0.15) is 0 Å². The van der Waals surface area contributed by atoms with E-state index in [1.165, 1.54) is 5.56 Å². The number of aryl methyl sites for hydroxylation is 2. The summed E-state index contributed by atoms with van der Waals surface area (Å²) in [5.41, 5.74) is 9.24. The fourth-order valence-electron chi connectivity index (χ4n) is 5.04. The number of para-hydroxylation sites is 2. The van der Waals surface area contributed by atoms with Gasteiger partial charge >= 0.3 is 0 Å². The number of aromatic nitrogens is 3. The molecule has 3 aromatic rings. The standard InChI is InChI=1S/C31H32N6/c1-21-8-12-25(13-9-21)37-30-7-5-4-6-26(30)35-29-18-27(34-24-11-10-22(2)32-20-24)28(19-31(29)37)33-23-14-16-36(3)17-15-23/h4-13,18-20,23,34H,14-17H2,1-3H3/b33-28-. The molecular weight excluding hydrogens is 456 g/mol. The van der Waals surface area contributed by atoms with Crippen LogP contribution in [0.15, 0.2) is 84.0 Å². The minimum Gasteiger partial charge on any atom is -0.352 e. The van der Waals surface area contributed by atoms with Gasteiger partial charge in [-0.1, -0.05) is 29.8 Å². The van der Waals surface area contributed by atoms with Crippen LogP contribution in [-0.4, -0.2) is 45.6 Å². The maximum absolute atomic E-state index is 5.29. The number of pyridine rings is 1. The quantitative estimate of drug-likeness (QED) is 0.321. The number of likely N-dealkylation sites (tertiary alicyclic amines) is 1. The first-order chi connectivity index (χ1) is 18.0. The lowest BCUT2D eigenvalue weighted by molar-refractivity contribution is 0.255. The molecule has 1 aromatic heterocycles. The summed E-state index contributed by atoms with van der Waals surface area (Å²) >= 11 is 0. The lowest BCUT2D eigenvalue weighted by atomic mass is 10.1. The van der Waals surface area contributed by atoms with Gasteiger partial charge in [0.2, 0.25) is 0 Å². The summed E-state index contributed by atoms with van der Waals surface area (Å²) in [5.74, 6) is 0. The van der Waals surface area contributed by atoms with Crippen LogP contribution in [0.2, 0.25) is 0 Å². The van der Waals surface area contributed by atoms with Crippen LogP contribution in [0.4, 0.5) is 11.4 Å². The number of benzene rings is 3. The normalized spacial score (nSPS) is 15.5. The van der Waals surface area contributed by atoms with E-state index >= 15 is 0 Å². The lowest BCUT2D eigenvalue weighted by Gasteiger charge is -2.26. The zero-order valence-electron chi connectivity index (χ0n) is 21.6. The summed E-state index contributed by atoms with van der Waals surface area (Å²) in [6, 6.07) is 25.7. The number of nitrogens with one attached hydrogen (secondary N) is 1. The Bertz CT molecular complexity index is 1580. The van der Waals surface area contributed by atoms with Crippen molar-refractivity contribution in [1.82, 2.24) is 19.4 Å². The SMILES string of the molecule is Cc1ccc(-n2c3c/c(=N/C4CCN(C)CC4)c(Nc4ccc(C)nc4)cc-3nc3ccccc32)cc1. The van der Waals surface area contributed by atoms with Crippen LogP contribution in [0.3, 0.4) is 0 Å². The third-order valence-corrected chi connectivity index (χ3v) is 7.19. The molecule has 2 aliphatic heterocycles. The van der Waals surface area contributed by atoms with E-state index in [0.29, 0.717) is 6.04 Å². The van der Waals surface area contributed by atoms with Crippen LogP contribution >= 0.6 is 0 Å². The Hall–Kier alpha value is -4.03. The highest BCUT2D eigenvalue weighted by Crippen LogP contribution is 2.30. The van der Waals surface area contributed by atoms with Crippen LogP contribution in [-0.2, 0) is 0 Å². The molecule has 3 aliphatic rings. The van der Waals surface area contributed by atoms with Crippen molar-refractivity contribution in [2.75, 3.05) is 25.5 Å². The molecule has 0 saturated carbocycles. The topological polar surface area (TPSA) is 58.3 Å². The number of nitrogens with zero attached hydrogens (tertiary/aromatic N) is 5. The Morgan fingerprint density at radius 2 is 1.70 bits per heavy atom. The van der Waals surface area contributed by atoms with Gasteiger partial charge in [0, 0.05) is 11.4 Å². The molecule has 0 spiro atoms. The Morgan fingerprint density at radius 3 is 2.46 bits per heavy atom. The minimum atomic E-state index is 0.298. The maximum Gasteiger partial charge on any atom is 0.0900 e. The van der Waals surface area contributed by atoms with Crippen molar-refractivity contribution in [3.8, 4) is 17.1 Å². The maximum atomic E-state index is 5.29. The molecule has 0 atom stereocenters. The first-order valence-corrected chi connectivity index (χ1v) is 13.0. The number of rotatable bonds is 4. The van der Waals surface area contributed by atoms with Crippen molar-refractivity contribution in [2.24, 2.45) is 4.99 Å². The molecule has 1 aliphatic carbocycles. The molecule has 0 amide bonds. The molecule has 186 valence electrons. The van der Waals surface area contributed by atoms with E-state index in [2.05, 4.69) is 94.4 Å². The van der Waals surface area contributed by atoms with Crippen LogP contribution in [0.5, 0.6) is 0 Å². The van der Waals surface area contributed by atoms with Crippen molar-refractivity contribution in [3.63, 3.8) is 0 Å². The van der Waals surface area contributed by atoms with Crippen molar-refractivity contribution < 1.29 is 0 Å². The Morgan fingerprint density at radius 1 is 0.919 bits per heavy atom. The second-order valence-electron chi connectivity index (χ2n) is 10.1. The molecule has 6 rings (SSSR count). The first-order valence-electron chi connectivity index (χ1n) is 13.0. The predicted molar refractivity (Wildman–Crippen MR) is 151 cm³/mol. The number of fused-ring (bicyclic) bond motifs is 2. The highest BCUT2D eigenvalue weighted by atomic mass is 15.1. The first kappa shape index (κ1) is 23.4. The Kier molecular flexibility index (Phi) is 6.18. The van der Waals surface area contributed by atoms with Crippen LogP contribution in [0, 0.1) is 13.8 Å². The summed E-state index contributed by atoms with van der Waals surface area (Å²) < 4.78 is 2.31. The Labute approximate surface area is 217 Å². The number of piperidine rings is 1. The van der Waals surface area contributed by atoms with Gasteiger partial charge < -0.3 is 14.8 Å².